The van der Waals surface area contributed by atoms with Gasteiger partial charge in [-0.15, -0.1) is 0 Å². The van der Waals surface area contributed by atoms with Crippen LogP contribution < -0.4 is 5.32 Å². The number of rotatable bonds is 8. The first-order chi connectivity index (χ1) is 17.3. The first-order valence-electron chi connectivity index (χ1n) is 14.9. The van der Waals surface area contributed by atoms with Crippen molar-refractivity contribution in [1.82, 2.24) is 5.32 Å². The summed E-state index contributed by atoms with van der Waals surface area (Å²) < 4.78 is 0. The molecule has 0 unspecified atom stereocenters. The lowest BCUT2D eigenvalue weighted by Crippen LogP contribution is -2.62. The molecule has 7 nitrogen and oxygen atoms in total. The number of aliphatic carboxylic acids is 1. The number of hydrogen-bond donors (Lipinski definition) is 5. The first kappa shape index (κ1) is 28.8. The van der Waals surface area contributed by atoms with Crippen LogP contribution >= 0.6 is 0 Å². The van der Waals surface area contributed by atoms with Gasteiger partial charge in [-0.3, -0.25) is 4.79 Å². The molecule has 4 rings (SSSR count). The van der Waals surface area contributed by atoms with Gasteiger partial charge in [0.15, 0.2) is 0 Å². The Morgan fingerprint density at radius 3 is 2.35 bits per heavy atom. The van der Waals surface area contributed by atoms with Crippen molar-refractivity contribution >= 4 is 11.9 Å². The predicted octanol–water partition coefficient (Wildman–Crippen LogP) is 3.98. The molecule has 5 N–H and O–H groups in total. The molecule has 4 aliphatic carbocycles. The number of fused-ring (bicyclic) bond motifs is 5. The van der Waals surface area contributed by atoms with Crippen LogP contribution in [0.2, 0.25) is 0 Å². The third-order valence-corrected chi connectivity index (χ3v) is 12.1. The van der Waals surface area contributed by atoms with Crippen LogP contribution in [0.15, 0.2) is 0 Å². The Morgan fingerprint density at radius 1 is 1.00 bits per heavy atom. The number of carbonyl (C=O) groups is 2. The maximum absolute atomic E-state index is 12.7. The average Bonchev–Trinajstić information content (AvgIpc) is 3.20. The molecule has 0 heterocycles. The number of nitrogens with one attached hydrogen (secondary N) is 1. The van der Waals surface area contributed by atoms with E-state index in [1.165, 1.54) is 0 Å². The second-order valence-corrected chi connectivity index (χ2v) is 13.8. The molecule has 0 aromatic carbocycles. The Bertz CT molecular complexity index is 850. The quantitative estimate of drug-likeness (QED) is 0.329. The summed E-state index contributed by atoms with van der Waals surface area (Å²) in [6.45, 7) is 10.5. The number of hydrogen-bond acceptors (Lipinski definition) is 5. The van der Waals surface area contributed by atoms with Gasteiger partial charge in [-0.25, -0.2) is 4.79 Å². The molecule has 0 saturated heterocycles. The van der Waals surface area contributed by atoms with Crippen molar-refractivity contribution in [1.29, 1.82) is 0 Å². The highest BCUT2D eigenvalue weighted by Crippen LogP contribution is 2.68. The molecule has 0 spiro atoms. The Labute approximate surface area is 222 Å². The molecule has 7 heteroatoms. The van der Waals surface area contributed by atoms with Gasteiger partial charge in [0, 0.05) is 6.42 Å². The van der Waals surface area contributed by atoms with Crippen molar-refractivity contribution in [2.75, 3.05) is 0 Å². The molecule has 1 amide bonds. The molecule has 0 aliphatic heterocycles. The summed E-state index contributed by atoms with van der Waals surface area (Å²) in [6.07, 6.45) is 6.48. The molecule has 0 bridgehead atoms. The first-order valence-corrected chi connectivity index (χ1v) is 14.9. The molecule has 4 saturated carbocycles. The molecule has 4 fully saturated rings. The molecule has 0 radical (unpaired) electrons. The highest BCUT2D eigenvalue weighted by molar-refractivity contribution is 5.83. The van der Waals surface area contributed by atoms with E-state index in [1.54, 1.807) is 0 Å². The second kappa shape index (κ2) is 10.8. The minimum Gasteiger partial charge on any atom is -0.480 e. The third-order valence-electron chi connectivity index (χ3n) is 12.1. The van der Waals surface area contributed by atoms with Crippen LogP contribution in [0, 0.1) is 52.3 Å². The lowest BCUT2D eigenvalue weighted by atomic mass is 9.43. The van der Waals surface area contributed by atoms with Crippen molar-refractivity contribution in [3.05, 3.63) is 0 Å². The zero-order valence-electron chi connectivity index (χ0n) is 23.5. The SMILES string of the molecule is CC[C@H](C)[C@@H](NC(=O)CC[C@@H](C)[C@H]1CC[C@H]2[C@@H]3[C@H](O)C[C@@H]4C[C@H](O)CC[C@]4(C)[C@H]3C[C@H](O)[C@]12C)C(=O)O. The Balaban J connectivity index is 1.45. The van der Waals surface area contributed by atoms with E-state index in [0.717, 1.165) is 38.5 Å². The van der Waals surface area contributed by atoms with Gasteiger partial charge in [0.05, 0.1) is 18.3 Å². The Kier molecular flexibility index (Phi) is 8.39. The van der Waals surface area contributed by atoms with E-state index >= 15 is 0 Å². The van der Waals surface area contributed by atoms with Gasteiger partial charge in [0.25, 0.3) is 0 Å². The van der Waals surface area contributed by atoms with Crippen molar-refractivity contribution < 1.29 is 30.0 Å². The molecule has 0 aromatic heterocycles. The standard InChI is InChI=1S/C30H51NO6/c1-6-16(2)27(28(36)37)31-25(35)10-7-17(3)20-8-9-21-26-22(15-24(34)30(20,21)5)29(4)12-11-19(32)13-18(29)14-23(26)33/h16-24,26-27,32-34H,6-15H2,1-5H3,(H,31,35)(H,36,37)/t16-,17+,18-,19+,20+,21-,22-,23+,24-,26-,27+,29-,30+/m0/s1. The third kappa shape index (κ3) is 4.98. The highest BCUT2D eigenvalue weighted by atomic mass is 16.4. The van der Waals surface area contributed by atoms with Crippen LogP contribution in [-0.4, -0.2) is 56.7 Å². The molecular formula is C30H51NO6. The lowest BCUT2D eigenvalue weighted by molar-refractivity contribution is -0.207. The topological polar surface area (TPSA) is 127 Å². The van der Waals surface area contributed by atoms with E-state index in [-0.39, 0.29) is 64.8 Å². The van der Waals surface area contributed by atoms with Crippen molar-refractivity contribution in [2.24, 2.45) is 52.3 Å². The maximum atomic E-state index is 12.7. The van der Waals surface area contributed by atoms with Gasteiger partial charge < -0.3 is 25.7 Å². The summed E-state index contributed by atoms with van der Waals surface area (Å²) in [5.74, 6) is 0.153. The minimum atomic E-state index is -0.990. The molecule has 4 aliphatic rings. The highest BCUT2D eigenvalue weighted by Gasteiger charge is 2.65. The number of aliphatic hydroxyl groups excluding tert-OH is 3. The number of carbonyl (C=O) groups excluding carboxylic acids is 1. The minimum absolute atomic E-state index is 0.0591. The van der Waals surface area contributed by atoms with Crippen molar-refractivity contribution in [3.8, 4) is 0 Å². The Morgan fingerprint density at radius 2 is 1.70 bits per heavy atom. The van der Waals surface area contributed by atoms with Crippen LogP contribution in [0.1, 0.15) is 98.8 Å². The normalized spacial score (nSPS) is 45.6. The van der Waals surface area contributed by atoms with Crippen LogP contribution in [0.5, 0.6) is 0 Å². The maximum Gasteiger partial charge on any atom is 0.326 e. The van der Waals surface area contributed by atoms with Crippen LogP contribution in [0.25, 0.3) is 0 Å². The summed E-state index contributed by atoms with van der Waals surface area (Å²) in [5, 5.41) is 45.7. The van der Waals surface area contributed by atoms with Crippen LogP contribution in [0.4, 0.5) is 0 Å². The lowest BCUT2D eigenvalue weighted by Gasteiger charge is -2.63. The predicted molar refractivity (Wildman–Crippen MR) is 141 cm³/mol. The monoisotopic (exact) mass is 521 g/mol. The van der Waals surface area contributed by atoms with Crippen LogP contribution in [0.3, 0.4) is 0 Å². The van der Waals surface area contributed by atoms with E-state index in [4.69, 9.17) is 0 Å². The smallest absolute Gasteiger partial charge is 0.326 e. The fourth-order valence-electron chi connectivity index (χ4n) is 9.62. The number of carboxylic acids is 1. The summed E-state index contributed by atoms with van der Waals surface area (Å²) in [6, 6.07) is -0.864. The van der Waals surface area contributed by atoms with Crippen molar-refractivity contribution in [2.45, 2.75) is 123 Å². The second-order valence-electron chi connectivity index (χ2n) is 13.8. The zero-order chi connectivity index (χ0) is 27.3. The van der Waals surface area contributed by atoms with E-state index < -0.39 is 24.2 Å². The van der Waals surface area contributed by atoms with E-state index in [2.05, 4.69) is 26.1 Å². The fraction of sp³-hybridized carbons (Fsp3) is 0.933. The summed E-state index contributed by atoms with van der Waals surface area (Å²) >= 11 is 0. The van der Waals surface area contributed by atoms with Gasteiger partial charge in [-0.2, -0.15) is 0 Å². The number of carboxylic acid groups (broad SMARTS) is 1. The fourth-order valence-corrected chi connectivity index (χ4v) is 9.62. The molecule has 37 heavy (non-hydrogen) atoms. The van der Waals surface area contributed by atoms with Gasteiger partial charge in [-0.05, 0) is 104 Å². The van der Waals surface area contributed by atoms with E-state index in [0.29, 0.717) is 25.2 Å². The molecule has 13 atom stereocenters. The van der Waals surface area contributed by atoms with Gasteiger partial charge in [0.2, 0.25) is 5.91 Å². The molecule has 0 aromatic rings. The average molecular weight is 522 g/mol. The van der Waals surface area contributed by atoms with Gasteiger partial charge in [-0.1, -0.05) is 41.0 Å². The number of aliphatic hydroxyl groups is 3. The Hall–Kier alpha value is -1.18. The number of amides is 1. The summed E-state index contributed by atoms with van der Waals surface area (Å²) in [4.78, 5) is 24.3. The van der Waals surface area contributed by atoms with Gasteiger partial charge in [0.1, 0.15) is 6.04 Å². The zero-order valence-corrected chi connectivity index (χ0v) is 23.5. The summed E-state index contributed by atoms with van der Waals surface area (Å²) in [7, 11) is 0. The van der Waals surface area contributed by atoms with E-state index in [9.17, 15) is 30.0 Å². The van der Waals surface area contributed by atoms with Gasteiger partial charge >= 0.3 is 5.97 Å². The van der Waals surface area contributed by atoms with E-state index in [1.807, 2.05) is 13.8 Å². The largest absolute Gasteiger partial charge is 0.480 e. The van der Waals surface area contributed by atoms with Crippen LogP contribution in [-0.2, 0) is 9.59 Å². The van der Waals surface area contributed by atoms with Crippen molar-refractivity contribution in [3.63, 3.8) is 0 Å². The summed E-state index contributed by atoms with van der Waals surface area (Å²) in [5.41, 5.74) is -0.237. The molecule has 212 valence electrons. The molecular weight excluding hydrogens is 470 g/mol.